The Labute approximate surface area is 138 Å². The number of hydrogen-bond acceptors (Lipinski definition) is 3. The lowest BCUT2D eigenvalue weighted by molar-refractivity contribution is -0.121. The number of benzene rings is 2. The smallest absolute Gasteiger partial charge is 0.328 e. The molecule has 3 rings (SSSR count). The Morgan fingerprint density at radius 3 is 2.46 bits per heavy atom. The Morgan fingerprint density at radius 1 is 1.12 bits per heavy atom. The van der Waals surface area contributed by atoms with Crippen molar-refractivity contribution >= 4 is 18.0 Å². The van der Waals surface area contributed by atoms with E-state index >= 15 is 0 Å². The van der Waals surface area contributed by atoms with Crippen molar-refractivity contribution in [3.8, 4) is 5.75 Å². The average Bonchev–Trinajstić information content (AvgIpc) is 2.82. The van der Waals surface area contributed by atoms with Crippen LogP contribution in [0.5, 0.6) is 5.75 Å². The number of carbonyl (C=O) groups is 2. The second-order valence-corrected chi connectivity index (χ2v) is 5.30. The fraction of sp³-hybridized carbons (Fsp3) is 0.111. The molecule has 1 aliphatic rings. The summed E-state index contributed by atoms with van der Waals surface area (Å²) < 4.78 is 19.1. The normalized spacial score (nSPS) is 15.8. The predicted octanol–water partition coefficient (Wildman–Crippen LogP) is 2.93. The fourth-order valence-electron chi connectivity index (χ4n) is 2.23. The van der Waals surface area contributed by atoms with E-state index in [1.807, 2.05) is 0 Å². The van der Waals surface area contributed by atoms with E-state index in [9.17, 15) is 14.0 Å². The number of likely N-dealkylation sites (N-methyl/N-ethyl adjacent to an activating group) is 1. The Bertz CT molecular complexity index is 815. The van der Waals surface area contributed by atoms with Crippen molar-refractivity contribution in [1.29, 1.82) is 0 Å². The summed E-state index contributed by atoms with van der Waals surface area (Å²) in [5.41, 5.74) is 1.45. The van der Waals surface area contributed by atoms with Gasteiger partial charge >= 0.3 is 6.03 Å². The van der Waals surface area contributed by atoms with E-state index in [0.717, 1.165) is 10.5 Å². The van der Waals surface area contributed by atoms with E-state index in [0.29, 0.717) is 11.3 Å². The van der Waals surface area contributed by atoms with Gasteiger partial charge in [0.25, 0.3) is 5.91 Å². The van der Waals surface area contributed by atoms with Gasteiger partial charge in [0.15, 0.2) is 0 Å². The van der Waals surface area contributed by atoms with Gasteiger partial charge < -0.3 is 10.1 Å². The zero-order valence-electron chi connectivity index (χ0n) is 13.0. The molecule has 1 N–H and O–H groups in total. The second kappa shape index (κ2) is 6.54. The standard InChI is InChI=1S/C18H15FN2O3/c1-21-17(22)16(20-18(21)23)10-12-6-8-14(9-7-12)24-11-13-4-2-3-5-15(13)19/h2-10H,11H2,1H3,(H,20,23)/b16-10+. The first-order valence-electron chi connectivity index (χ1n) is 7.31. The highest BCUT2D eigenvalue weighted by molar-refractivity contribution is 6.13. The number of nitrogens with one attached hydrogen (secondary N) is 1. The molecule has 1 aliphatic heterocycles. The predicted molar refractivity (Wildman–Crippen MR) is 86.5 cm³/mol. The number of halogens is 1. The third-order valence-electron chi connectivity index (χ3n) is 3.62. The highest BCUT2D eigenvalue weighted by Gasteiger charge is 2.29. The monoisotopic (exact) mass is 326 g/mol. The summed E-state index contributed by atoms with van der Waals surface area (Å²) >= 11 is 0. The number of imide groups is 1. The van der Waals surface area contributed by atoms with Gasteiger partial charge in [0, 0.05) is 12.6 Å². The minimum Gasteiger partial charge on any atom is -0.489 e. The molecule has 0 aliphatic carbocycles. The zero-order valence-corrected chi connectivity index (χ0v) is 13.0. The molecule has 1 heterocycles. The molecule has 2 aromatic rings. The first-order valence-corrected chi connectivity index (χ1v) is 7.31. The van der Waals surface area contributed by atoms with Gasteiger partial charge in [-0.25, -0.2) is 9.18 Å². The van der Waals surface area contributed by atoms with Crippen LogP contribution in [0.25, 0.3) is 6.08 Å². The summed E-state index contributed by atoms with van der Waals surface area (Å²) in [7, 11) is 1.41. The Balaban J connectivity index is 1.67. The molecule has 3 amide bonds. The summed E-state index contributed by atoms with van der Waals surface area (Å²) in [6.45, 7) is 0.131. The molecule has 0 atom stereocenters. The van der Waals surface area contributed by atoms with E-state index in [2.05, 4.69) is 5.32 Å². The van der Waals surface area contributed by atoms with Crippen LogP contribution in [0.15, 0.2) is 54.2 Å². The molecule has 0 radical (unpaired) electrons. The van der Waals surface area contributed by atoms with Crippen molar-refractivity contribution in [2.45, 2.75) is 6.61 Å². The van der Waals surface area contributed by atoms with Gasteiger partial charge in [0.1, 0.15) is 23.9 Å². The molecule has 0 unspecified atom stereocenters. The highest BCUT2D eigenvalue weighted by atomic mass is 19.1. The fourth-order valence-corrected chi connectivity index (χ4v) is 2.23. The van der Waals surface area contributed by atoms with Gasteiger partial charge in [-0.3, -0.25) is 9.69 Å². The van der Waals surface area contributed by atoms with Crippen molar-refractivity contribution in [2.24, 2.45) is 0 Å². The van der Waals surface area contributed by atoms with E-state index in [4.69, 9.17) is 4.74 Å². The molecular formula is C18H15FN2O3. The van der Waals surface area contributed by atoms with Crippen LogP contribution in [-0.4, -0.2) is 23.9 Å². The Morgan fingerprint density at radius 2 is 1.83 bits per heavy atom. The molecule has 0 saturated carbocycles. The first-order chi connectivity index (χ1) is 11.5. The van der Waals surface area contributed by atoms with Crippen LogP contribution in [0.1, 0.15) is 11.1 Å². The largest absolute Gasteiger partial charge is 0.489 e. The van der Waals surface area contributed by atoms with Gasteiger partial charge in [-0.15, -0.1) is 0 Å². The van der Waals surface area contributed by atoms with E-state index in [1.165, 1.54) is 13.1 Å². The highest BCUT2D eigenvalue weighted by Crippen LogP contribution is 2.18. The molecular weight excluding hydrogens is 311 g/mol. The number of rotatable bonds is 4. The van der Waals surface area contributed by atoms with Crippen molar-refractivity contribution < 1.29 is 18.7 Å². The number of urea groups is 1. The molecule has 0 aromatic heterocycles. The first kappa shape index (κ1) is 15.7. The molecule has 6 heteroatoms. The number of amides is 3. The van der Waals surface area contributed by atoms with Crippen LogP contribution in [0.3, 0.4) is 0 Å². The lowest BCUT2D eigenvalue weighted by atomic mass is 10.2. The topological polar surface area (TPSA) is 58.6 Å². The summed E-state index contributed by atoms with van der Waals surface area (Å²) in [6.07, 6.45) is 1.59. The third kappa shape index (κ3) is 3.27. The molecule has 1 fully saturated rings. The van der Waals surface area contributed by atoms with Crippen LogP contribution in [0, 0.1) is 5.82 Å². The maximum absolute atomic E-state index is 13.5. The number of hydrogen-bond donors (Lipinski definition) is 1. The van der Waals surface area contributed by atoms with Crippen molar-refractivity contribution in [3.05, 3.63) is 71.2 Å². The van der Waals surface area contributed by atoms with Crippen LogP contribution in [0.4, 0.5) is 9.18 Å². The van der Waals surface area contributed by atoms with Gasteiger partial charge in [-0.1, -0.05) is 30.3 Å². The average molecular weight is 326 g/mol. The molecule has 1 saturated heterocycles. The molecule has 122 valence electrons. The van der Waals surface area contributed by atoms with Crippen molar-refractivity contribution in [3.63, 3.8) is 0 Å². The molecule has 5 nitrogen and oxygen atoms in total. The van der Waals surface area contributed by atoms with Crippen LogP contribution in [0.2, 0.25) is 0 Å². The molecule has 0 spiro atoms. The maximum Gasteiger partial charge on any atom is 0.328 e. The maximum atomic E-state index is 13.5. The zero-order chi connectivity index (χ0) is 17.1. The lowest BCUT2D eigenvalue weighted by Gasteiger charge is -2.07. The summed E-state index contributed by atoms with van der Waals surface area (Å²) in [5, 5.41) is 2.50. The molecule has 0 bridgehead atoms. The van der Waals surface area contributed by atoms with E-state index in [1.54, 1.807) is 48.5 Å². The minimum absolute atomic E-state index is 0.131. The van der Waals surface area contributed by atoms with Gasteiger partial charge in [0.05, 0.1) is 0 Å². The van der Waals surface area contributed by atoms with Crippen molar-refractivity contribution in [2.75, 3.05) is 7.05 Å². The van der Waals surface area contributed by atoms with Crippen LogP contribution >= 0.6 is 0 Å². The Hall–Kier alpha value is -3.15. The number of carbonyl (C=O) groups excluding carboxylic acids is 2. The second-order valence-electron chi connectivity index (χ2n) is 5.30. The van der Waals surface area contributed by atoms with Gasteiger partial charge in [-0.05, 0) is 29.8 Å². The summed E-state index contributed by atoms with van der Waals surface area (Å²) in [4.78, 5) is 24.2. The quantitative estimate of drug-likeness (QED) is 0.694. The number of ether oxygens (including phenoxy) is 1. The van der Waals surface area contributed by atoms with E-state index < -0.39 is 6.03 Å². The van der Waals surface area contributed by atoms with E-state index in [-0.39, 0.29) is 24.0 Å². The van der Waals surface area contributed by atoms with Crippen molar-refractivity contribution in [1.82, 2.24) is 10.2 Å². The SMILES string of the molecule is CN1C(=O)N/C(=C/c2ccc(OCc3ccccc3F)cc2)C1=O. The summed E-state index contributed by atoms with van der Waals surface area (Å²) in [5.74, 6) is -0.0994. The number of nitrogens with zero attached hydrogens (tertiary/aromatic N) is 1. The molecule has 2 aromatic carbocycles. The summed E-state index contributed by atoms with van der Waals surface area (Å²) in [6, 6.07) is 12.9. The van der Waals surface area contributed by atoms with Crippen LogP contribution in [-0.2, 0) is 11.4 Å². The van der Waals surface area contributed by atoms with Gasteiger partial charge in [-0.2, -0.15) is 0 Å². The lowest BCUT2D eigenvalue weighted by Crippen LogP contribution is -2.25. The van der Waals surface area contributed by atoms with Crippen LogP contribution < -0.4 is 10.1 Å². The Kier molecular flexibility index (Phi) is 4.29. The van der Waals surface area contributed by atoms with Gasteiger partial charge in [0.2, 0.25) is 0 Å². The molecule has 24 heavy (non-hydrogen) atoms. The minimum atomic E-state index is -0.448. The third-order valence-corrected chi connectivity index (χ3v) is 3.62.